The summed E-state index contributed by atoms with van der Waals surface area (Å²) in [5, 5.41) is 36.5. The van der Waals surface area contributed by atoms with Crippen LogP contribution in [0.2, 0.25) is 0 Å². The lowest BCUT2D eigenvalue weighted by molar-refractivity contribution is -0.385. The molecule has 1 N–H and O–H groups in total. The summed E-state index contributed by atoms with van der Waals surface area (Å²) >= 11 is 12.3. The van der Waals surface area contributed by atoms with Crippen LogP contribution in [0.25, 0.3) is 6.08 Å². The highest BCUT2D eigenvalue weighted by Crippen LogP contribution is 2.33. The Balaban J connectivity index is 1.78. The Morgan fingerprint density at radius 3 is 2.38 bits per heavy atom. The summed E-state index contributed by atoms with van der Waals surface area (Å²) in [4.78, 5) is 33.2. The van der Waals surface area contributed by atoms with Crippen LogP contribution in [0.3, 0.4) is 0 Å². The number of nitro groups is 2. The molecule has 1 saturated heterocycles. The van der Waals surface area contributed by atoms with Gasteiger partial charge in [0.25, 0.3) is 17.3 Å². The van der Waals surface area contributed by atoms with Crippen molar-refractivity contribution in [1.82, 2.24) is 5.01 Å². The molecule has 162 valence electrons. The molecule has 2 aromatic rings. The second-order valence-corrected chi connectivity index (χ2v) is 8.23. The predicted molar refractivity (Wildman–Crippen MR) is 124 cm³/mol. The van der Waals surface area contributed by atoms with E-state index in [1.165, 1.54) is 36.4 Å². The zero-order valence-corrected chi connectivity index (χ0v) is 18.1. The Morgan fingerprint density at radius 2 is 1.75 bits per heavy atom. The maximum absolute atomic E-state index is 12.6. The summed E-state index contributed by atoms with van der Waals surface area (Å²) in [5.74, 6) is -0.828. The minimum absolute atomic E-state index is 0.0355. The van der Waals surface area contributed by atoms with E-state index in [0.717, 1.165) is 41.2 Å². The topological polar surface area (TPSA) is 139 Å². The number of thioether (sulfide) groups is 1. The lowest BCUT2D eigenvalue weighted by Gasteiger charge is -2.06. The number of non-ortho nitro benzene ring substituents is 2. The number of benzene rings is 2. The van der Waals surface area contributed by atoms with Crippen molar-refractivity contribution >= 4 is 69.5 Å². The average molecular weight is 491 g/mol. The summed E-state index contributed by atoms with van der Waals surface area (Å²) < 4.78 is 0.0993. The average Bonchev–Trinajstić information content (AvgIpc) is 3.00. The van der Waals surface area contributed by atoms with Crippen molar-refractivity contribution in [3.63, 3.8) is 0 Å². The van der Waals surface area contributed by atoms with Gasteiger partial charge in [0, 0.05) is 34.9 Å². The van der Waals surface area contributed by atoms with Crippen molar-refractivity contribution in [2.75, 3.05) is 0 Å². The SMILES string of the molecule is O=C1/C(=C/C(Cl)=C/c2ccc([N+](=O)[O-])cc2)SC(=S)N1/N=C\c1cc([N+](=O)[O-])ccc1O. The molecule has 0 unspecified atom stereocenters. The fourth-order valence-corrected chi connectivity index (χ4v) is 3.92. The quantitative estimate of drug-likeness (QED) is 0.204. The maximum Gasteiger partial charge on any atom is 0.286 e. The van der Waals surface area contributed by atoms with Crippen molar-refractivity contribution in [1.29, 1.82) is 0 Å². The molecule has 1 aliphatic heterocycles. The smallest absolute Gasteiger partial charge is 0.286 e. The van der Waals surface area contributed by atoms with Crippen LogP contribution in [0.15, 0.2) is 63.6 Å². The first-order valence-electron chi connectivity index (χ1n) is 8.56. The summed E-state index contributed by atoms with van der Waals surface area (Å²) in [7, 11) is 0. The summed E-state index contributed by atoms with van der Waals surface area (Å²) in [6, 6.07) is 9.06. The van der Waals surface area contributed by atoms with Gasteiger partial charge in [-0.25, -0.2) is 0 Å². The number of carbonyl (C=O) groups is 1. The van der Waals surface area contributed by atoms with E-state index in [9.17, 15) is 30.1 Å². The number of phenols is 1. The number of hydrogen-bond acceptors (Lipinski definition) is 9. The summed E-state index contributed by atoms with van der Waals surface area (Å²) in [6.07, 6.45) is 3.98. The molecule has 1 heterocycles. The molecule has 2 aromatic carbocycles. The first-order valence-corrected chi connectivity index (χ1v) is 10.2. The Morgan fingerprint density at radius 1 is 1.12 bits per heavy atom. The van der Waals surface area contributed by atoms with Crippen LogP contribution >= 0.6 is 35.6 Å². The van der Waals surface area contributed by atoms with Crippen molar-refractivity contribution in [2.45, 2.75) is 0 Å². The number of thiocarbonyl (C=S) groups is 1. The van der Waals surface area contributed by atoms with Crippen molar-refractivity contribution in [2.24, 2.45) is 5.10 Å². The molecule has 0 aliphatic carbocycles. The fourth-order valence-electron chi connectivity index (χ4n) is 2.46. The van der Waals surface area contributed by atoms with Gasteiger partial charge in [-0.05, 0) is 48.1 Å². The molecular weight excluding hydrogens is 480 g/mol. The Kier molecular flexibility index (Phi) is 6.98. The molecule has 13 heteroatoms. The molecule has 0 spiro atoms. The van der Waals surface area contributed by atoms with Crippen molar-refractivity contribution in [3.05, 3.63) is 89.8 Å². The third kappa shape index (κ3) is 5.35. The maximum atomic E-state index is 12.6. The van der Waals surface area contributed by atoms with E-state index in [0.29, 0.717) is 5.56 Å². The molecule has 0 radical (unpaired) electrons. The van der Waals surface area contributed by atoms with Crippen LogP contribution in [0, 0.1) is 20.2 Å². The van der Waals surface area contributed by atoms with Crippen LogP contribution in [-0.2, 0) is 4.79 Å². The standard InChI is InChI=1S/C19H11ClN4O6S2/c20-13(7-11-1-3-14(4-2-11)23(27)28)9-17-18(26)22(19(31)32-17)21-10-12-8-15(24(29)30)5-6-16(12)25/h1-10,25H/b13-7-,17-9-,21-10-. The van der Waals surface area contributed by atoms with Gasteiger partial charge < -0.3 is 5.11 Å². The monoisotopic (exact) mass is 490 g/mol. The number of aromatic hydroxyl groups is 1. The number of amides is 1. The molecule has 32 heavy (non-hydrogen) atoms. The lowest BCUT2D eigenvalue weighted by Crippen LogP contribution is -2.22. The molecule has 10 nitrogen and oxygen atoms in total. The zero-order chi connectivity index (χ0) is 23.4. The third-order valence-electron chi connectivity index (χ3n) is 3.99. The fraction of sp³-hybridized carbons (Fsp3) is 0. The molecule has 3 rings (SSSR count). The third-order valence-corrected chi connectivity index (χ3v) is 5.49. The van der Waals surface area contributed by atoms with E-state index >= 15 is 0 Å². The first kappa shape index (κ1) is 23.1. The molecule has 0 atom stereocenters. The van der Waals surface area contributed by atoms with E-state index in [4.69, 9.17) is 23.8 Å². The number of carbonyl (C=O) groups excluding carboxylic acids is 1. The normalized spacial score (nSPS) is 15.7. The van der Waals surface area contributed by atoms with E-state index in [1.54, 1.807) is 0 Å². The molecule has 1 amide bonds. The van der Waals surface area contributed by atoms with Gasteiger partial charge in [0.2, 0.25) is 0 Å². The lowest BCUT2D eigenvalue weighted by atomic mass is 10.2. The number of phenolic OH excluding ortho intramolecular Hbond substituents is 1. The molecule has 0 aromatic heterocycles. The second-order valence-electron chi connectivity index (χ2n) is 6.12. The van der Waals surface area contributed by atoms with Crippen molar-refractivity contribution in [3.8, 4) is 5.75 Å². The van der Waals surface area contributed by atoms with E-state index in [1.807, 2.05) is 0 Å². The second kappa shape index (κ2) is 9.68. The predicted octanol–water partition coefficient (Wildman–Crippen LogP) is 4.57. The van der Waals surface area contributed by atoms with Gasteiger partial charge in [-0.15, -0.1) is 0 Å². The molecule has 0 bridgehead atoms. The minimum Gasteiger partial charge on any atom is -0.507 e. The van der Waals surface area contributed by atoms with Gasteiger partial charge in [-0.3, -0.25) is 25.0 Å². The number of hydrogen-bond donors (Lipinski definition) is 1. The zero-order valence-electron chi connectivity index (χ0n) is 15.7. The molecule has 0 saturated carbocycles. The molecule has 1 fully saturated rings. The number of nitrogens with zero attached hydrogens (tertiary/aromatic N) is 4. The van der Waals surface area contributed by atoms with Gasteiger partial charge in [0.1, 0.15) is 5.75 Å². The van der Waals surface area contributed by atoms with Gasteiger partial charge in [-0.2, -0.15) is 10.1 Å². The van der Waals surface area contributed by atoms with E-state index in [-0.39, 0.29) is 36.9 Å². The Bertz CT molecular complexity index is 1230. The number of nitro benzene ring substituents is 2. The Hall–Kier alpha value is -3.61. The molecule has 1 aliphatic rings. The number of halogens is 1. The summed E-state index contributed by atoms with van der Waals surface area (Å²) in [5.41, 5.74) is 0.310. The minimum atomic E-state index is -0.627. The number of hydrazone groups is 1. The van der Waals surface area contributed by atoms with Crippen LogP contribution in [0.5, 0.6) is 5.75 Å². The number of allylic oxidation sites excluding steroid dienone is 2. The highest BCUT2D eigenvalue weighted by molar-refractivity contribution is 8.26. The Labute approximate surface area is 194 Å². The highest BCUT2D eigenvalue weighted by atomic mass is 35.5. The van der Waals surface area contributed by atoms with E-state index < -0.39 is 15.8 Å². The first-order chi connectivity index (χ1) is 15.2. The van der Waals surface area contributed by atoms with Crippen LogP contribution in [0.1, 0.15) is 11.1 Å². The van der Waals surface area contributed by atoms with Crippen LogP contribution < -0.4 is 0 Å². The van der Waals surface area contributed by atoms with Crippen LogP contribution in [-0.4, -0.2) is 36.4 Å². The number of rotatable bonds is 6. The van der Waals surface area contributed by atoms with Gasteiger partial charge in [-0.1, -0.05) is 23.4 Å². The van der Waals surface area contributed by atoms with E-state index in [2.05, 4.69) is 5.10 Å². The van der Waals surface area contributed by atoms with Gasteiger partial charge in [0.05, 0.1) is 21.0 Å². The largest absolute Gasteiger partial charge is 0.507 e. The van der Waals surface area contributed by atoms with Gasteiger partial charge in [0.15, 0.2) is 4.32 Å². The molecular formula is C19H11ClN4O6S2. The van der Waals surface area contributed by atoms with Crippen molar-refractivity contribution < 1.29 is 19.7 Å². The van der Waals surface area contributed by atoms with Crippen LogP contribution in [0.4, 0.5) is 11.4 Å². The van der Waals surface area contributed by atoms with Gasteiger partial charge >= 0.3 is 0 Å². The highest BCUT2D eigenvalue weighted by Gasteiger charge is 2.32. The summed E-state index contributed by atoms with van der Waals surface area (Å²) in [6.45, 7) is 0.